The second-order valence-corrected chi connectivity index (χ2v) is 8.72. The van der Waals surface area contributed by atoms with Crippen LogP contribution in [0.5, 0.6) is 5.75 Å². The number of benzene rings is 1. The highest BCUT2D eigenvalue weighted by molar-refractivity contribution is 7.99. The van der Waals surface area contributed by atoms with Gasteiger partial charge in [0.1, 0.15) is 23.3 Å². The lowest BCUT2D eigenvalue weighted by Crippen LogP contribution is -2.35. The molecule has 2 aliphatic rings. The summed E-state index contributed by atoms with van der Waals surface area (Å²) in [4.78, 5) is 30.9. The monoisotopic (exact) mass is 428 g/mol. The summed E-state index contributed by atoms with van der Waals surface area (Å²) in [5.41, 5.74) is 1.80. The van der Waals surface area contributed by atoms with Gasteiger partial charge in [-0.2, -0.15) is 0 Å². The molecule has 9 heteroatoms. The summed E-state index contributed by atoms with van der Waals surface area (Å²) in [6, 6.07) is 5.61. The summed E-state index contributed by atoms with van der Waals surface area (Å²) in [6.45, 7) is 1.95. The van der Waals surface area contributed by atoms with E-state index in [1.54, 1.807) is 28.0 Å². The summed E-state index contributed by atoms with van der Waals surface area (Å²) in [7, 11) is 1.61. The normalized spacial score (nSPS) is 18.6. The average Bonchev–Trinajstić information content (AvgIpc) is 3.39. The second-order valence-electron chi connectivity index (χ2n) is 7.66. The Bertz CT molecular complexity index is 1180. The van der Waals surface area contributed by atoms with E-state index in [-0.39, 0.29) is 24.1 Å². The van der Waals surface area contributed by atoms with Crippen molar-refractivity contribution in [2.45, 2.75) is 43.6 Å². The van der Waals surface area contributed by atoms with Crippen LogP contribution in [-0.4, -0.2) is 52.1 Å². The van der Waals surface area contributed by atoms with Gasteiger partial charge in [0.15, 0.2) is 5.16 Å². The van der Waals surface area contributed by atoms with E-state index in [4.69, 9.17) is 14.5 Å². The fourth-order valence-electron chi connectivity index (χ4n) is 4.23. The Morgan fingerprint density at radius 3 is 3.10 bits per heavy atom. The maximum Gasteiger partial charge on any atom is 0.278 e. The molecule has 0 spiro atoms. The van der Waals surface area contributed by atoms with Gasteiger partial charge in [0, 0.05) is 30.8 Å². The van der Waals surface area contributed by atoms with E-state index < -0.39 is 0 Å². The van der Waals surface area contributed by atoms with Crippen molar-refractivity contribution in [2.24, 2.45) is 0 Å². The molecule has 30 heavy (non-hydrogen) atoms. The molecular formula is C21H24N4O4S. The van der Waals surface area contributed by atoms with Crippen molar-refractivity contribution in [1.29, 1.82) is 0 Å². The molecule has 1 N–H and O–H groups in total. The van der Waals surface area contributed by atoms with Crippen molar-refractivity contribution in [3.05, 3.63) is 28.6 Å². The number of aromatic nitrogens is 3. The van der Waals surface area contributed by atoms with Gasteiger partial charge in [-0.1, -0.05) is 11.8 Å². The Kier molecular flexibility index (Phi) is 5.16. The van der Waals surface area contributed by atoms with Crippen molar-refractivity contribution < 1.29 is 14.3 Å². The minimum absolute atomic E-state index is 0.0580. The first kappa shape index (κ1) is 19.4. The Hall–Kier alpha value is -2.52. The van der Waals surface area contributed by atoms with Gasteiger partial charge >= 0.3 is 0 Å². The highest BCUT2D eigenvalue weighted by Gasteiger charge is 2.23. The lowest BCUT2D eigenvalue weighted by Gasteiger charge is -2.17. The highest BCUT2D eigenvalue weighted by Crippen LogP contribution is 2.31. The van der Waals surface area contributed by atoms with E-state index in [9.17, 15) is 9.59 Å². The third-order valence-electron chi connectivity index (χ3n) is 5.74. The Balaban J connectivity index is 1.59. The van der Waals surface area contributed by atoms with Gasteiger partial charge < -0.3 is 19.4 Å². The molecule has 158 valence electrons. The molecule has 1 atom stereocenters. The molecule has 1 fully saturated rings. The van der Waals surface area contributed by atoms with E-state index in [1.165, 1.54) is 0 Å². The number of amides is 1. The van der Waals surface area contributed by atoms with Crippen LogP contribution in [0.1, 0.15) is 19.3 Å². The molecular weight excluding hydrogens is 404 g/mol. The largest absolute Gasteiger partial charge is 0.497 e. The number of nitrogens with one attached hydrogen (secondary N) is 1. The molecule has 2 aliphatic heterocycles. The maximum atomic E-state index is 13.4. The van der Waals surface area contributed by atoms with Crippen LogP contribution in [0.3, 0.4) is 0 Å². The minimum atomic E-state index is -0.142. The molecule has 0 bridgehead atoms. The summed E-state index contributed by atoms with van der Waals surface area (Å²) >= 11 is 1.60. The van der Waals surface area contributed by atoms with Crippen molar-refractivity contribution in [3.63, 3.8) is 0 Å². The molecule has 0 aliphatic carbocycles. The second kappa shape index (κ2) is 7.96. The quantitative estimate of drug-likeness (QED) is 0.627. The van der Waals surface area contributed by atoms with Crippen LogP contribution in [0, 0.1) is 0 Å². The zero-order chi connectivity index (χ0) is 20.7. The van der Waals surface area contributed by atoms with Crippen molar-refractivity contribution in [2.75, 3.05) is 26.0 Å². The Labute approximate surface area is 177 Å². The number of methoxy groups -OCH3 is 1. The van der Waals surface area contributed by atoms with Gasteiger partial charge in [-0.15, -0.1) is 0 Å². The van der Waals surface area contributed by atoms with Crippen LogP contribution in [0.25, 0.3) is 21.9 Å². The van der Waals surface area contributed by atoms with Gasteiger partial charge in [0.25, 0.3) is 5.56 Å². The molecule has 5 rings (SSSR count). The number of hydrogen-bond donors (Lipinski definition) is 1. The minimum Gasteiger partial charge on any atom is -0.497 e. The van der Waals surface area contributed by atoms with Gasteiger partial charge in [0.2, 0.25) is 5.91 Å². The number of carbonyl (C=O) groups is 1. The number of ether oxygens (including phenoxy) is 2. The maximum absolute atomic E-state index is 13.4. The predicted molar refractivity (Wildman–Crippen MR) is 115 cm³/mol. The number of hydrogen-bond acceptors (Lipinski definition) is 6. The first-order valence-corrected chi connectivity index (χ1v) is 11.3. The third-order valence-corrected chi connectivity index (χ3v) is 6.80. The Morgan fingerprint density at radius 1 is 1.40 bits per heavy atom. The topological polar surface area (TPSA) is 87.4 Å². The van der Waals surface area contributed by atoms with E-state index in [1.807, 2.05) is 18.2 Å². The molecule has 1 amide bonds. The number of thioether (sulfide) groups is 1. The van der Waals surface area contributed by atoms with Crippen LogP contribution in [0.15, 0.2) is 28.2 Å². The van der Waals surface area contributed by atoms with Crippen LogP contribution < -0.4 is 15.6 Å². The standard InChI is InChI=1S/C21H24N4O4S/c1-28-13-5-6-16-15(10-13)18-19(20(27)24-7-3-9-30-21(24)23-18)25(16)12-17(26)22-11-14-4-2-8-29-14/h5-6,10,14H,2-4,7-9,11-12H2,1H3,(H,22,26)/t14-/m0/s1. The third kappa shape index (κ3) is 3.35. The van der Waals surface area contributed by atoms with E-state index in [0.29, 0.717) is 29.9 Å². The van der Waals surface area contributed by atoms with E-state index in [0.717, 1.165) is 47.7 Å². The molecule has 4 heterocycles. The molecule has 0 saturated carbocycles. The van der Waals surface area contributed by atoms with Gasteiger partial charge in [0.05, 0.1) is 18.7 Å². The van der Waals surface area contributed by atoms with E-state index in [2.05, 4.69) is 5.32 Å². The first-order valence-electron chi connectivity index (χ1n) is 10.3. The highest BCUT2D eigenvalue weighted by atomic mass is 32.2. The molecule has 0 radical (unpaired) electrons. The molecule has 3 aromatic rings. The molecule has 1 aromatic carbocycles. The Morgan fingerprint density at radius 2 is 2.30 bits per heavy atom. The fourth-order valence-corrected chi connectivity index (χ4v) is 5.18. The lowest BCUT2D eigenvalue weighted by atomic mass is 10.2. The predicted octanol–water partition coefficient (Wildman–Crippen LogP) is 2.15. The van der Waals surface area contributed by atoms with Gasteiger partial charge in [-0.3, -0.25) is 14.2 Å². The number of fused-ring (bicyclic) bond motifs is 4. The van der Waals surface area contributed by atoms with E-state index >= 15 is 0 Å². The summed E-state index contributed by atoms with van der Waals surface area (Å²) in [6.07, 6.45) is 3.00. The van der Waals surface area contributed by atoms with Crippen molar-refractivity contribution in [1.82, 2.24) is 19.4 Å². The first-order chi connectivity index (χ1) is 14.7. The smallest absolute Gasteiger partial charge is 0.278 e. The SMILES string of the molecule is COc1ccc2c(c1)c1nc3n(c(=O)c1n2CC(=O)NC[C@@H]1CCCO1)CCCS3. The van der Waals surface area contributed by atoms with Crippen LogP contribution in [-0.2, 0) is 22.6 Å². The van der Waals surface area contributed by atoms with Crippen LogP contribution >= 0.6 is 11.8 Å². The molecule has 8 nitrogen and oxygen atoms in total. The van der Waals surface area contributed by atoms with Gasteiger partial charge in [-0.05, 0) is 37.5 Å². The van der Waals surface area contributed by atoms with Crippen molar-refractivity contribution in [3.8, 4) is 5.75 Å². The lowest BCUT2D eigenvalue weighted by molar-refractivity contribution is -0.122. The number of carbonyl (C=O) groups excluding carboxylic acids is 1. The molecule has 0 unspecified atom stereocenters. The zero-order valence-electron chi connectivity index (χ0n) is 16.8. The summed E-state index contributed by atoms with van der Waals surface area (Å²) in [5.74, 6) is 1.50. The van der Waals surface area contributed by atoms with Crippen LogP contribution in [0.2, 0.25) is 0 Å². The molecule has 1 saturated heterocycles. The van der Waals surface area contributed by atoms with Crippen LogP contribution in [0.4, 0.5) is 0 Å². The summed E-state index contributed by atoms with van der Waals surface area (Å²) in [5, 5.41) is 4.52. The number of nitrogens with zero attached hydrogens (tertiary/aromatic N) is 3. The summed E-state index contributed by atoms with van der Waals surface area (Å²) < 4.78 is 14.5. The molecule has 2 aromatic heterocycles. The zero-order valence-corrected chi connectivity index (χ0v) is 17.7. The van der Waals surface area contributed by atoms with Crippen molar-refractivity contribution >= 4 is 39.6 Å². The average molecular weight is 429 g/mol. The fraction of sp³-hybridized carbons (Fsp3) is 0.476. The van der Waals surface area contributed by atoms with Gasteiger partial charge in [-0.25, -0.2) is 4.98 Å². The number of rotatable bonds is 5.